The van der Waals surface area contributed by atoms with Crippen LogP contribution < -0.4 is 5.73 Å². The maximum atomic E-state index is 14.2. The molecule has 1 heterocycles. The normalized spacial score (nSPS) is 16.1. The molecule has 0 saturated heterocycles. The van der Waals surface area contributed by atoms with Crippen LogP contribution in [0.3, 0.4) is 0 Å². The summed E-state index contributed by atoms with van der Waals surface area (Å²) in [5, 5.41) is 0. The molecule has 1 aromatic heterocycles. The summed E-state index contributed by atoms with van der Waals surface area (Å²) in [5.74, 6) is -0.185. The van der Waals surface area contributed by atoms with E-state index in [1.54, 1.807) is 24.7 Å². The Labute approximate surface area is 146 Å². The second-order valence-electron chi connectivity index (χ2n) is 6.71. The van der Waals surface area contributed by atoms with Crippen LogP contribution in [0.2, 0.25) is 0 Å². The van der Waals surface area contributed by atoms with Crippen LogP contribution in [0.5, 0.6) is 0 Å². The van der Waals surface area contributed by atoms with Crippen LogP contribution in [0.15, 0.2) is 42.9 Å². The number of benzene rings is 2. The van der Waals surface area contributed by atoms with Crippen molar-refractivity contribution in [1.82, 2.24) is 9.97 Å². The number of nitrogens with zero attached hydrogens (tertiary/aromatic N) is 2. The molecule has 1 aliphatic carbocycles. The molecule has 0 unspecified atom stereocenters. The Morgan fingerprint density at radius 2 is 1.88 bits per heavy atom. The Balaban J connectivity index is 1.88. The van der Waals surface area contributed by atoms with E-state index < -0.39 is 0 Å². The molecule has 4 heteroatoms. The molecule has 1 atom stereocenters. The summed E-state index contributed by atoms with van der Waals surface area (Å²) >= 11 is 0. The van der Waals surface area contributed by atoms with Crippen LogP contribution >= 0.6 is 0 Å². The molecular formula is C21H20FN3. The first kappa shape index (κ1) is 15.9. The van der Waals surface area contributed by atoms with Gasteiger partial charge in [0, 0.05) is 29.6 Å². The molecule has 0 radical (unpaired) electrons. The molecule has 2 aromatic carbocycles. The predicted octanol–water partition coefficient (Wildman–Crippen LogP) is 4.51. The standard InChI is InChI=1S/C21H20FN3/c1-12-9-14(19-11-24-7-8-25-19)10-13(2)20(12)15-3-5-17(22)21-16(15)4-6-18(21)23/h3,5,7-11,18H,4,6,23H2,1-2H3/t18-/m1/s1. The Hall–Kier alpha value is -2.59. The van der Waals surface area contributed by atoms with Crippen LogP contribution in [-0.2, 0) is 6.42 Å². The van der Waals surface area contributed by atoms with E-state index in [-0.39, 0.29) is 11.9 Å². The molecule has 4 rings (SSSR count). The maximum absolute atomic E-state index is 14.2. The van der Waals surface area contributed by atoms with Gasteiger partial charge in [0.25, 0.3) is 0 Å². The van der Waals surface area contributed by atoms with Crippen LogP contribution in [0.1, 0.15) is 34.7 Å². The van der Waals surface area contributed by atoms with Gasteiger partial charge in [0.15, 0.2) is 0 Å². The zero-order chi connectivity index (χ0) is 17.6. The van der Waals surface area contributed by atoms with E-state index in [4.69, 9.17) is 5.73 Å². The third-order valence-corrected chi connectivity index (χ3v) is 5.04. The van der Waals surface area contributed by atoms with Crippen LogP contribution in [-0.4, -0.2) is 9.97 Å². The van der Waals surface area contributed by atoms with E-state index in [0.29, 0.717) is 5.56 Å². The van der Waals surface area contributed by atoms with Crippen molar-refractivity contribution in [3.05, 3.63) is 70.9 Å². The lowest BCUT2D eigenvalue weighted by atomic mass is 9.88. The largest absolute Gasteiger partial charge is 0.324 e. The van der Waals surface area contributed by atoms with Crippen molar-refractivity contribution in [3.8, 4) is 22.4 Å². The summed E-state index contributed by atoms with van der Waals surface area (Å²) in [6.07, 6.45) is 6.76. The third-order valence-electron chi connectivity index (χ3n) is 5.04. The van der Waals surface area contributed by atoms with Gasteiger partial charge in [-0.2, -0.15) is 0 Å². The average molecular weight is 333 g/mol. The minimum atomic E-state index is -0.200. The highest BCUT2D eigenvalue weighted by atomic mass is 19.1. The smallest absolute Gasteiger partial charge is 0.128 e. The van der Waals surface area contributed by atoms with Crippen molar-refractivity contribution in [2.45, 2.75) is 32.7 Å². The average Bonchev–Trinajstić information content (AvgIpc) is 3.00. The van der Waals surface area contributed by atoms with Gasteiger partial charge in [-0.05, 0) is 72.7 Å². The summed E-state index contributed by atoms with van der Waals surface area (Å²) in [7, 11) is 0. The number of halogens is 1. The molecule has 0 fully saturated rings. The molecule has 3 aromatic rings. The quantitative estimate of drug-likeness (QED) is 0.750. The van der Waals surface area contributed by atoms with Crippen molar-refractivity contribution < 1.29 is 4.39 Å². The first-order valence-electron chi connectivity index (χ1n) is 8.51. The van der Waals surface area contributed by atoms with Crippen molar-refractivity contribution >= 4 is 0 Å². The summed E-state index contributed by atoms with van der Waals surface area (Å²) in [5.41, 5.74) is 14.3. The lowest BCUT2D eigenvalue weighted by molar-refractivity contribution is 0.589. The topological polar surface area (TPSA) is 51.8 Å². The Kier molecular flexibility index (Phi) is 3.85. The number of aryl methyl sites for hydroxylation is 2. The molecule has 25 heavy (non-hydrogen) atoms. The molecular weight excluding hydrogens is 313 g/mol. The van der Waals surface area contributed by atoms with Crippen LogP contribution in [0, 0.1) is 19.7 Å². The molecule has 0 aliphatic heterocycles. The van der Waals surface area contributed by atoms with Gasteiger partial charge < -0.3 is 5.73 Å². The van der Waals surface area contributed by atoms with Crippen molar-refractivity contribution in [2.75, 3.05) is 0 Å². The highest BCUT2D eigenvalue weighted by Gasteiger charge is 2.26. The van der Waals surface area contributed by atoms with E-state index >= 15 is 0 Å². The maximum Gasteiger partial charge on any atom is 0.128 e. The summed E-state index contributed by atoms with van der Waals surface area (Å²) < 4.78 is 14.2. The number of hydrogen-bond acceptors (Lipinski definition) is 3. The lowest BCUT2D eigenvalue weighted by Gasteiger charge is -2.17. The molecule has 0 amide bonds. The van der Waals surface area contributed by atoms with E-state index in [0.717, 1.165) is 51.9 Å². The molecule has 0 saturated carbocycles. The van der Waals surface area contributed by atoms with Gasteiger partial charge in [-0.25, -0.2) is 4.39 Å². The third kappa shape index (κ3) is 2.63. The van der Waals surface area contributed by atoms with E-state index in [2.05, 4.69) is 35.9 Å². The molecule has 2 N–H and O–H groups in total. The van der Waals surface area contributed by atoms with Crippen molar-refractivity contribution in [3.63, 3.8) is 0 Å². The van der Waals surface area contributed by atoms with E-state index in [1.807, 2.05) is 6.07 Å². The minimum Gasteiger partial charge on any atom is -0.324 e. The molecule has 126 valence electrons. The van der Waals surface area contributed by atoms with Gasteiger partial charge in [-0.15, -0.1) is 0 Å². The van der Waals surface area contributed by atoms with Gasteiger partial charge in [-0.3, -0.25) is 9.97 Å². The number of nitrogens with two attached hydrogens (primary N) is 1. The van der Waals surface area contributed by atoms with Crippen LogP contribution in [0.25, 0.3) is 22.4 Å². The second kappa shape index (κ2) is 6.05. The highest BCUT2D eigenvalue weighted by molar-refractivity contribution is 5.79. The first-order valence-corrected chi connectivity index (χ1v) is 8.51. The zero-order valence-electron chi connectivity index (χ0n) is 14.4. The fourth-order valence-corrected chi connectivity index (χ4v) is 3.97. The minimum absolute atomic E-state index is 0.185. The van der Waals surface area contributed by atoms with Gasteiger partial charge in [-0.1, -0.05) is 6.07 Å². The molecule has 0 spiro atoms. The van der Waals surface area contributed by atoms with Gasteiger partial charge in [0.05, 0.1) is 11.9 Å². The summed E-state index contributed by atoms with van der Waals surface area (Å²) in [6.45, 7) is 4.18. The number of fused-ring (bicyclic) bond motifs is 1. The predicted molar refractivity (Wildman–Crippen MR) is 97.6 cm³/mol. The number of aromatic nitrogens is 2. The van der Waals surface area contributed by atoms with Gasteiger partial charge >= 0.3 is 0 Å². The zero-order valence-corrected chi connectivity index (χ0v) is 14.4. The summed E-state index contributed by atoms with van der Waals surface area (Å²) in [6, 6.07) is 7.49. The Bertz CT molecular complexity index is 928. The summed E-state index contributed by atoms with van der Waals surface area (Å²) in [4.78, 5) is 8.53. The molecule has 0 bridgehead atoms. The lowest BCUT2D eigenvalue weighted by Crippen LogP contribution is -2.07. The first-order chi connectivity index (χ1) is 12.1. The number of rotatable bonds is 2. The van der Waals surface area contributed by atoms with E-state index in [9.17, 15) is 4.39 Å². The molecule has 3 nitrogen and oxygen atoms in total. The Morgan fingerprint density at radius 1 is 1.12 bits per heavy atom. The van der Waals surface area contributed by atoms with Crippen LogP contribution in [0.4, 0.5) is 4.39 Å². The van der Waals surface area contributed by atoms with Crippen molar-refractivity contribution in [2.24, 2.45) is 5.73 Å². The second-order valence-corrected chi connectivity index (χ2v) is 6.71. The molecule has 1 aliphatic rings. The fraction of sp³-hybridized carbons (Fsp3) is 0.238. The van der Waals surface area contributed by atoms with E-state index in [1.165, 1.54) is 0 Å². The van der Waals surface area contributed by atoms with Gasteiger partial charge in [0.1, 0.15) is 5.82 Å². The monoisotopic (exact) mass is 333 g/mol. The van der Waals surface area contributed by atoms with Gasteiger partial charge in [0.2, 0.25) is 0 Å². The van der Waals surface area contributed by atoms with Crippen molar-refractivity contribution in [1.29, 1.82) is 0 Å². The number of hydrogen-bond donors (Lipinski definition) is 1. The fourth-order valence-electron chi connectivity index (χ4n) is 3.97. The SMILES string of the molecule is Cc1cc(-c2cnccn2)cc(C)c1-c1ccc(F)c2c1CC[C@H]2N. The Morgan fingerprint density at radius 3 is 2.56 bits per heavy atom. The highest BCUT2D eigenvalue weighted by Crippen LogP contribution is 2.41.